The number of nitrogens with zero attached hydrogens (tertiary/aromatic N) is 1. The molecule has 6 nitrogen and oxygen atoms in total. The second-order valence-corrected chi connectivity index (χ2v) is 5.95. The summed E-state index contributed by atoms with van der Waals surface area (Å²) in [5, 5.41) is 0. The molecule has 2 aliphatic rings. The number of hydrogen-bond donors (Lipinski definition) is 0. The summed E-state index contributed by atoms with van der Waals surface area (Å²) < 4.78 is 9.94. The number of rotatable bonds is 1. The van der Waals surface area contributed by atoms with Gasteiger partial charge in [0.2, 0.25) is 0 Å². The first-order chi connectivity index (χ1) is 8.76. The summed E-state index contributed by atoms with van der Waals surface area (Å²) in [6.07, 6.45) is 0.700. The van der Waals surface area contributed by atoms with Crippen LogP contribution in [0.2, 0.25) is 0 Å². The van der Waals surface area contributed by atoms with E-state index in [2.05, 4.69) is 4.74 Å². The van der Waals surface area contributed by atoms with Crippen molar-refractivity contribution >= 4 is 17.8 Å². The molecule has 0 aromatic heterocycles. The maximum atomic E-state index is 12.1. The van der Waals surface area contributed by atoms with E-state index in [0.717, 1.165) is 0 Å². The standard InChI is InChI=1S/C13H19NO5/c1-13(2,3)19-12(17)14-7-5-6-8(14)10(15)9(7)11(16)18-4/h7-9H,5-6H2,1-4H3/t7-,8+,9+/m1/s1. The average molecular weight is 269 g/mol. The molecule has 2 fully saturated rings. The van der Waals surface area contributed by atoms with Gasteiger partial charge < -0.3 is 9.47 Å². The van der Waals surface area contributed by atoms with E-state index >= 15 is 0 Å². The Bertz CT molecular complexity index is 425. The Hall–Kier alpha value is -1.59. The molecule has 2 heterocycles. The first kappa shape index (κ1) is 13.8. The molecule has 2 rings (SSSR count). The molecule has 0 N–H and O–H groups in total. The average Bonchev–Trinajstić information content (AvgIpc) is 2.81. The third kappa shape index (κ3) is 2.31. The molecule has 2 saturated heterocycles. The molecule has 2 aliphatic heterocycles. The highest BCUT2D eigenvalue weighted by atomic mass is 16.6. The van der Waals surface area contributed by atoms with Gasteiger partial charge in [-0.15, -0.1) is 0 Å². The number of carbonyl (C=O) groups is 3. The Morgan fingerprint density at radius 3 is 2.42 bits per heavy atom. The van der Waals surface area contributed by atoms with Gasteiger partial charge in [-0.2, -0.15) is 0 Å². The zero-order valence-electron chi connectivity index (χ0n) is 11.6. The summed E-state index contributed by atoms with van der Waals surface area (Å²) in [4.78, 5) is 37.3. The lowest BCUT2D eigenvalue weighted by Gasteiger charge is -2.27. The highest BCUT2D eigenvalue weighted by molar-refractivity contribution is 6.07. The van der Waals surface area contributed by atoms with Crippen molar-refractivity contribution in [3.63, 3.8) is 0 Å². The van der Waals surface area contributed by atoms with Crippen LogP contribution in [-0.4, -0.2) is 47.5 Å². The molecule has 0 unspecified atom stereocenters. The SMILES string of the molecule is COC(=O)[C@@H]1C(=O)[C@@H]2CC[C@H]1N2C(=O)OC(C)(C)C. The largest absolute Gasteiger partial charge is 0.468 e. The number of ether oxygens (including phenoxy) is 2. The second kappa shape index (κ2) is 4.51. The van der Waals surface area contributed by atoms with Crippen molar-refractivity contribution in [2.24, 2.45) is 5.92 Å². The van der Waals surface area contributed by atoms with Gasteiger partial charge in [-0.25, -0.2) is 4.79 Å². The van der Waals surface area contributed by atoms with Crippen molar-refractivity contribution in [1.29, 1.82) is 0 Å². The van der Waals surface area contributed by atoms with E-state index in [4.69, 9.17) is 4.74 Å². The molecule has 19 heavy (non-hydrogen) atoms. The Balaban J connectivity index is 2.19. The van der Waals surface area contributed by atoms with Gasteiger partial charge >= 0.3 is 12.1 Å². The van der Waals surface area contributed by atoms with Crippen molar-refractivity contribution in [3.05, 3.63) is 0 Å². The lowest BCUT2D eigenvalue weighted by molar-refractivity contribution is -0.149. The van der Waals surface area contributed by atoms with Crippen LogP contribution in [0.3, 0.4) is 0 Å². The van der Waals surface area contributed by atoms with E-state index in [-0.39, 0.29) is 5.78 Å². The van der Waals surface area contributed by atoms with Crippen LogP contribution in [0.15, 0.2) is 0 Å². The second-order valence-electron chi connectivity index (χ2n) is 5.95. The van der Waals surface area contributed by atoms with Crippen molar-refractivity contribution in [2.75, 3.05) is 7.11 Å². The number of ketones is 1. The van der Waals surface area contributed by atoms with Crippen LogP contribution in [0.1, 0.15) is 33.6 Å². The van der Waals surface area contributed by atoms with Crippen LogP contribution in [-0.2, 0) is 19.1 Å². The fourth-order valence-electron chi connectivity index (χ4n) is 2.82. The van der Waals surface area contributed by atoms with E-state index in [1.807, 2.05) is 0 Å². The van der Waals surface area contributed by atoms with Crippen molar-refractivity contribution < 1.29 is 23.9 Å². The van der Waals surface area contributed by atoms with E-state index in [9.17, 15) is 14.4 Å². The maximum Gasteiger partial charge on any atom is 0.411 e. The van der Waals surface area contributed by atoms with Crippen molar-refractivity contribution in [2.45, 2.75) is 51.3 Å². The maximum absolute atomic E-state index is 12.1. The van der Waals surface area contributed by atoms with Crippen LogP contribution >= 0.6 is 0 Å². The predicted octanol–water partition coefficient (Wildman–Crippen LogP) is 1.13. The molecule has 0 aromatic rings. The lowest BCUT2D eigenvalue weighted by atomic mass is 9.88. The number of Topliss-reactive ketones (excluding diaryl/α,β-unsaturated/α-hetero) is 1. The highest BCUT2D eigenvalue weighted by Gasteiger charge is 2.58. The zero-order chi connectivity index (χ0) is 14.4. The summed E-state index contributed by atoms with van der Waals surface area (Å²) in [6.45, 7) is 5.30. The first-order valence-corrected chi connectivity index (χ1v) is 6.39. The molecular weight excluding hydrogens is 250 g/mol. The number of methoxy groups -OCH3 is 1. The van der Waals surface area contributed by atoms with Crippen LogP contribution in [0.5, 0.6) is 0 Å². The lowest BCUT2D eigenvalue weighted by Crippen LogP contribution is -2.41. The molecule has 1 amide bonds. The van der Waals surface area contributed by atoms with Gasteiger partial charge in [-0.1, -0.05) is 0 Å². The van der Waals surface area contributed by atoms with E-state index < -0.39 is 35.7 Å². The third-order valence-electron chi connectivity index (χ3n) is 3.51. The smallest absolute Gasteiger partial charge is 0.411 e. The van der Waals surface area contributed by atoms with Crippen molar-refractivity contribution in [3.8, 4) is 0 Å². The van der Waals surface area contributed by atoms with E-state index in [1.54, 1.807) is 20.8 Å². The topological polar surface area (TPSA) is 72.9 Å². The number of esters is 1. The van der Waals surface area contributed by atoms with Crippen LogP contribution in [0.4, 0.5) is 4.79 Å². The number of hydrogen-bond acceptors (Lipinski definition) is 5. The zero-order valence-corrected chi connectivity index (χ0v) is 11.6. The summed E-state index contributed by atoms with van der Waals surface area (Å²) in [5.74, 6) is -1.64. The third-order valence-corrected chi connectivity index (χ3v) is 3.51. The highest BCUT2D eigenvalue weighted by Crippen LogP contribution is 2.40. The molecular formula is C13H19NO5. The molecule has 2 bridgehead atoms. The van der Waals surface area contributed by atoms with E-state index in [1.165, 1.54) is 12.0 Å². The van der Waals surface area contributed by atoms with Crippen LogP contribution < -0.4 is 0 Å². The van der Waals surface area contributed by atoms with Gasteiger partial charge in [0.15, 0.2) is 5.78 Å². The first-order valence-electron chi connectivity index (χ1n) is 6.39. The van der Waals surface area contributed by atoms with Gasteiger partial charge in [0.05, 0.1) is 19.2 Å². The normalized spacial score (nSPS) is 29.6. The fourth-order valence-corrected chi connectivity index (χ4v) is 2.82. The van der Waals surface area contributed by atoms with Crippen LogP contribution in [0.25, 0.3) is 0 Å². The van der Waals surface area contributed by atoms with Crippen LogP contribution in [0, 0.1) is 5.92 Å². The number of amides is 1. The van der Waals surface area contributed by atoms with Gasteiger partial charge in [0, 0.05) is 0 Å². The Morgan fingerprint density at radius 2 is 1.89 bits per heavy atom. The van der Waals surface area contributed by atoms with E-state index in [0.29, 0.717) is 12.8 Å². The molecule has 3 atom stereocenters. The van der Waals surface area contributed by atoms with Gasteiger partial charge in [0.1, 0.15) is 11.5 Å². The van der Waals surface area contributed by atoms with Gasteiger partial charge in [0.25, 0.3) is 0 Å². The summed E-state index contributed by atoms with van der Waals surface area (Å²) in [6, 6.07) is -0.955. The van der Waals surface area contributed by atoms with Crippen molar-refractivity contribution in [1.82, 2.24) is 4.90 Å². The quantitative estimate of drug-likeness (QED) is 0.527. The number of fused-ring (bicyclic) bond motifs is 2. The van der Waals surface area contributed by atoms with Gasteiger partial charge in [-0.3, -0.25) is 14.5 Å². The Morgan fingerprint density at radius 1 is 1.26 bits per heavy atom. The molecule has 0 saturated carbocycles. The minimum Gasteiger partial charge on any atom is -0.468 e. The predicted molar refractivity (Wildman–Crippen MR) is 65.4 cm³/mol. The fraction of sp³-hybridized carbons (Fsp3) is 0.769. The monoisotopic (exact) mass is 269 g/mol. The molecule has 0 spiro atoms. The minimum absolute atomic E-state index is 0.228. The minimum atomic E-state index is -0.851. The van der Waals surface area contributed by atoms with Gasteiger partial charge in [-0.05, 0) is 33.6 Å². The Kier molecular flexibility index (Phi) is 3.28. The summed E-state index contributed by atoms with van der Waals surface area (Å²) in [5.41, 5.74) is -0.622. The molecule has 106 valence electrons. The summed E-state index contributed by atoms with van der Waals surface area (Å²) in [7, 11) is 1.25. The molecule has 0 aliphatic carbocycles. The molecule has 6 heteroatoms. The Labute approximate surface area is 112 Å². The number of carbonyl (C=O) groups excluding carboxylic acids is 3. The summed E-state index contributed by atoms with van der Waals surface area (Å²) >= 11 is 0. The molecule has 0 aromatic carbocycles. The molecule has 0 radical (unpaired) electrons.